The van der Waals surface area contributed by atoms with E-state index in [0.29, 0.717) is 25.1 Å². The summed E-state index contributed by atoms with van der Waals surface area (Å²) in [7, 11) is -3.53. The minimum Gasteiger partial charge on any atom is -0.376 e. The molecule has 0 aromatic heterocycles. The summed E-state index contributed by atoms with van der Waals surface area (Å²) in [6.07, 6.45) is 4.09. The van der Waals surface area contributed by atoms with E-state index in [0.717, 1.165) is 31.2 Å². The zero-order chi connectivity index (χ0) is 26.4. The van der Waals surface area contributed by atoms with Crippen molar-refractivity contribution in [1.29, 1.82) is 0 Å². The molecule has 37 heavy (non-hydrogen) atoms. The Bertz CT molecular complexity index is 1180. The van der Waals surface area contributed by atoms with Crippen molar-refractivity contribution < 1.29 is 27.1 Å². The number of halogens is 1. The molecule has 0 unspecified atom stereocenters. The van der Waals surface area contributed by atoms with Gasteiger partial charge in [-0.05, 0) is 74.4 Å². The molecule has 2 aromatic carbocycles. The second-order valence-corrected chi connectivity index (χ2v) is 11.5. The van der Waals surface area contributed by atoms with Crippen molar-refractivity contribution in [3.63, 3.8) is 0 Å². The summed E-state index contributed by atoms with van der Waals surface area (Å²) < 4.78 is 46.4. The highest BCUT2D eigenvalue weighted by Crippen LogP contribution is 2.22. The van der Waals surface area contributed by atoms with Gasteiger partial charge >= 0.3 is 0 Å². The Morgan fingerprint density at radius 2 is 1.73 bits per heavy atom. The first-order chi connectivity index (χ1) is 17.7. The van der Waals surface area contributed by atoms with Crippen molar-refractivity contribution in [3.05, 3.63) is 65.5 Å². The van der Waals surface area contributed by atoms with Crippen molar-refractivity contribution in [1.82, 2.24) is 14.9 Å². The van der Waals surface area contributed by atoms with Gasteiger partial charge in [-0.2, -0.15) is 0 Å². The lowest BCUT2D eigenvalue weighted by molar-refractivity contribution is -0.140. The number of nitrogens with zero attached hydrogens (tertiary/aromatic N) is 1. The molecule has 1 aliphatic heterocycles. The van der Waals surface area contributed by atoms with Crippen LogP contribution in [0.5, 0.6) is 0 Å². The van der Waals surface area contributed by atoms with E-state index >= 15 is 0 Å². The molecule has 1 saturated carbocycles. The molecule has 2 atom stereocenters. The van der Waals surface area contributed by atoms with E-state index in [1.165, 1.54) is 17.0 Å². The number of hydrogen-bond donors (Lipinski definition) is 2. The van der Waals surface area contributed by atoms with Gasteiger partial charge in [0.1, 0.15) is 11.9 Å². The maximum absolute atomic E-state index is 13.4. The van der Waals surface area contributed by atoms with Crippen LogP contribution in [0, 0.1) is 5.82 Å². The Kier molecular flexibility index (Phi) is 8.94. The van der Waals surface area contributed by atoms with Gasteiger partial charge in [-0.1, -0.05) is 24.3 Å². The number of benzene rings is 2. The molecule has 0 radical (unpaired) electrons. The quantitative estimate of drug-likeness (QED) is 0.438. The number of sulfonamides is 1. The number of amides is 2. The average molecular weight is 532 g/mol. The monoisotopic (exact) mass is 531 g/mol. The molecule has 2 amide bonds. The molecule has 8 nitrogen and oxygen atoms in total. The van der Waals surface area contributed by atoms with Crippen LogP contribution in [0.3, 0.4) is 0 Å². The molecule has 200 valence electrons. The first-order valence-corrected chi connectivity index (χ1v) is 14.2. The molecular weight excluding hydrogens is 497 g/mol. The molecule has 0 bridgehead atoms. The molecule has 2 N–H and O–H groups in total. The molecule has 1 saturated heterocycles. The van der Waals surface area contributed by atoms with E-state index in [1.807, 2.05) is 0 Å². The van der Waals surface area contributed by atoms with Crippen molar-refractivity contribution in [2.45, 2.75) is 75.1 Å². The topological polar surface area (TPSA) is 105 Å². The van der Waals surface area contributed by atoms with Crippen LogP contribution in [0.2, 0.25) is 0 Å². The number of rotatable bonds is 12. The lowest BCUT2D eigenvalue weighted by Crippen LogP contribution is -2.49. The Morgan fingerprint density at radius 3 is 2.35 bits per heavy atom. The third-order valence-corrected chi connectivity index (χ3v) is 8.26. The van der Waals surface area contributed by atoms with E-state index in [2.05, 4.69) is 10.0 Å². The van der Waals surface area contributed by atoms with Gasteiger partial charge in [-0.25, -0.2) is 17.5 Å². The second kappa shape index (κ2) is 12.1. The van der Waals surface area contributed by atoms with Crippen LogP contribution < -0.4 is 10.0 Å². The molecule has 1 heterocycles. The van der Waals surface area contributed by atoms with Gasteiger partial charge in [-0.3, -0.25) is 9.59 Å². The zero-order valence-corrected chi connectivity index (χ0v) is 21.8. The molecule has 1 aliphatic carbocycles. The summed E-state index contributed by atoms with van der Waals surface area (Å²) in [5.41, 5.74) is 1.53. The molecule has 2 aromatic rings. The highest BCUT2D eigenvalue weighted by atomic mass is 32.2. The normalized spacial score (nSPS) is 18.4. The third-order valence-electron chi connectivity index (χ3n) is 6.72. The minimum absolute atomic E-state index is 0.0105. The predicted molar refractivity (Wildman–Crippen MR) is 137 cm³/mol. The van der Waals surface area contributed by atoms with Crippen LogP contribution in [-0.4, -0.2) is 56.5 Å². The van der Waals surface area contributed by atoms with Gasteiger partial charge in [0.2, 0.25) is 21.8 Å². The number of ether oxygens (including phenoxy) is 1. The molecule has 2 fully saturated rings. The first-order valence-electron chi connectivity index (χ1n) is 12.8. The van der Waals surface area contributed by atoms with E-state index in [1.54, 1.807) is 43.3 Å². The average Bonchev–Trinajstić information content (AvgIpc) is 3.53. The van der Waals surface area contributed by atoms with Crippen molar-refractivity contribution >= 4 is 21.8 Å². The zero-order valence-electron chi connectivity index (χ0n) is 21.0. The summed E-state index contributed by atoms with van der Waals surface area (Å²) in [6, 6.07) is 11.6. The fourth-order valence-electron chi connectivity index (χ4n) is 4.26. The van der Waals surface area contributed by atoms with Gasteiger partial charge < -0.3 is 15.0 Å². The smallest absolute Gasteiger partial charge is 0.242 e. The molecule has 2 aliphatic rings. The summed E-state index contributed by atoms with van der Waals surface area (Å²) in [5.74, 6) is -0.873. The number of aryl methyl sites for hydroxylation is 1. The minimum atomic E-state index is -3.53. The Hall–Kier alpha value is -2.82. The highest BCUT2D eigenvalue weighted by molar-refractivity contribution is 7.89. The molecule has 4 rings (SSSR count). The Balaban J connectivity index is 1.39. The van der Waals surface area contributed by atoms with Gasteiger partial charge in [0, 0.05) is 32.2 Å². The van der Waals surface area contributed by atoms with Crippen molar-refractivity contribution in [3.8, 4) is 0 Å². The van der Waals surface area contributed by atoms with Gasteiger partial charge in [0.15, 0.2) is 0 Å². The van der Waals surface area contributed by atoms with Crippen LogP contribution >= 0.6 is 0 Å². The fourth-order valence-corrected chi connectivity index (χ4v) is 5.56. The summed E-state index contributed by atoms with van der Waals surface area (Å²) in [6.45, 7) is 2.93. The van der Waals surface area contributed by atoms with Gasteiger partial charge in [-0.15, -0.1) is 0 Å². The van der Waals surface area contributed by atoms with Gasteiger partial charge in [0.25, 0.3) is 0 Å². The maximum atomic E-state index is 13.4. The highest BCUT2D eigenvalue weighted by Gasteiger charge is 2.29. The molecular formula is C27H34FN3O5S. The second-order valence-electron chi connectivity index (χ2n) is 9.74. The van der Waals surface area contributed by atoms with Crippen LogP contribution in [0.25, 0.3) is 0 Å². The van der Waals surface area contributed by atoms with Crippen molar-refractivity contribution in [2.75, 3.05) is 13.2 Å². The standard InChI is InChI=1S/C27H34FN3O5S/c1-19(27(33)29-17-24-3-2-16-36-24)31(18-21-4-9-22(28)10-5-21)26(32)15-8-20-6-13-25(14-7-20)37(34,35)30-23-11-12-23/h4-7,9-10,13-14,19,23-24,30H,2-3,8,11-12,15-18H2,1H3,(H,29,33)/t19-,24+/m1/s1. The van der Waals surface area contributed by atoms with Gasteiger partial charge in [0.05, 0.1) is 11.0 Å². The number of nitrogens with one attached hydrogen (secondary N) is 2. The number of carbonyl (C=O) groups excluding carboxylic acids is 2. The molecule has 10 heteroatoms. The predicted octanol–water partition coefficient (Wildman–Crippen LogP) is 2.91. The summed E-state index contributed by atoms with van der Waals surface area (Å²) in [4.78, 5) is 27.9. The lowest BCUT2D eigenvalue weighted by atomic mass is 10.1. The SMILES string of the molecule is C[C@H](C(=O)NC[C@@H]1CCCO1)N(Cc1ccc(F)cc1)C(=O)CCc1ccc(S(=O)(=O)NC2CC2)cc1. The van der Waals surface area contributed by atoms with Crippen LogP contribution in [-0.2, 0) is 37.3 Å². The third kappa shape index (κ3) is 7.83. The number of carbonyl (C=O) groups is 2. The van der Waals surface area contributed by atoms with E-state index < -0.39 is 16.1 Å². The van der Waals surface area contributed by atoms with Crippen LogP contribution in [0.1, 0.15) is 50.2 Å². The maximum Gasteiger partial charge on any atom is 0.242 e. The van der Waals surface area contributed by atoms with Crippen LogP contribution in [0.15, 0.2) is 53.4 Å². The largest absolute Gasteiger partial charge is 0.376 e. The van der Waals surface area contributed by atoms with E-state index in [4.69, 9.17) is 4.74 Å². The number of hydrogen-bond acceptors (Lipinski definition) is 5. The van der Waals surface area contributed by atoms with Crippen molar-refractivity contribution in [2.24, 2.45) is 0 Å². The summed E-state index contributed by atoms with van der Waals surface area (Å²) >= 11 is 0. The Morgan fingerprint density at radius 1 is 1.05 bits per heavy atom. The lowest BCUT2D eigenvalue weighted by Gasteiger charge is -2.29. The summed E-state index contributed by atoms with van der Waals surface area (Å²) in [5, 5.41) is 2.89. The van der Waals surface area contributed by atoms with Crippen LogP contribution in [0.4, 0.5) is 4.39 Å². The first kappa shape index (κ1) is 27.2. The molecule has 0 spiro atoms. The van der Waals surface area contributed by atoms with E-state index in [-0.39, 0.29) is 47.6 Å². The van der Waals surface area contributed by atoms with E-state index in [9.17, 15) is 22.4 Å². The Labute approximate surface area is 217 Å². The fraction of sp³-hybridized carbons (Fsp3) is 0.481.